The monoisotopic (exact) mass is 260 g/mol. The number of pyridine rings is 1. The molecule has 1 amide bonds. The number of aromatic nitrogens is 1. The minimum absolute atomic E-state index is 0.0873. The van der Waals surface area contributed by atoms with Crippen LogP contribution >= 0.6 is 0 Å². The van der Waals surface area contributed by atoms with E-state index in [0.717, 1.165) is 0 Å². The smallest absolute Gasteiger partial charge is 0.267 e. The minimum atomic E-state index is -0.655. The van der Waals surface area contributed by atoms with Gasteiger partial charge in [0.2, 0.25) is 0 Å². The number of hydrogen-bond acceptors (Lipinski definition) is 4. The van der Waals surface area contributed by atoms with Crippen LogP contribution in [-0.4, -0.2) is 10.9 Å². The van der Waals surface area contributed by atoms with Crippen LogP contribution < -0.4 is 16.8 Å². The maximum atomic E-state index is 13.4. The molecule has 0 radical (unpaired) electrons. The lowest BCUT2D eigenvalue weighted by Crippen LogP contribution is -2.14. The summed E-state index contributed by atoms with van der Waals surface area (Å²) in [5, 5.41) is 2.85. The highest BCUT2D eigenvalue weighted by Gasteiger charge is 2.08. The molecule has 0 aliphatic rings. The molecule has 0 unspecified atom stereocenters. The summed E-state index contributed by atoms with van der Waals surface area (Å²) in [4.78, 5) is 15.0. The normalized spacial score (nSPS) is 10.2. The predicted octanol–water partition coefficient (Wildman–Crippen LogP) is 1.95. The minimum Gasteiger partial charge on any atom is -0.396 e. The molecule has 0 aliphatic heterocycles. The van der Waals surface area contributed by atoms with Gasteiger partial charge in [-0.15, -0.1) is 0 Å². The molecule has 1 aromatic carbocycles. The highest BCUT2D eigenvalue weighted by atomic mass is 19.1. The number of nitrogens with zero attached hydrogens (tertiary/aromatic N) is 1. The number of hydrogen-bond donors (Lipinski definition) is 3. The molecule has 2 rings (SSSR count). The molecule has 6 heteroatoms. The lowest BCUT2D eigenvalue weighted by molar-refractivity contribution is 0.0996. The summed E-state index contributed by atoms with van der Waals surface area (Å²) < 4.78 is 13.4. The van der Waals surface area contributed by atoms with Crippen molar-refractivity contribution in [1.82, 2.24) is 4.98 Å². The summed E-state index contributed by atoms with van der Waals surface area (Å²) in [5.41, 5.74) is 12.3. The van der Waals surface area contributed by atoms with Crippen molar-refractivity contribution in [2.24, 2.45) is 5.73 Å². The number of carbonyl (C=O) groups is 1. The molecule has 5 N–H and O–H groups in total. The number of halogens is 1. The van der Waals surface area contributed by atoms with E-state index in [1.807, 2.05) is 0 Å². The van der Waals surface area contributed by atoms with Crippen LogP contribution in [0, 0.1) is 12.7 Å². The van der Waals surface area contributed by atoms with Crippen LogP contribution in [-0.2, 0) is 0 Å². The molecule has 5 nitrogen and oxygen atoms in total. The van der Waals surface area contributed by atoms with Crippen molar-refractivity contribution in [3.05, 3.63) is 47.4 Å². The molecule has 0 aliphatic carbocycles. The number of carbonyl (C=O) groups excluding carboxylic acids is 1. The van der Waals surface area contributed by atoms with Crippen LogP contribution in [0.1, 0.15) is 16.1 Å². The molecule has 0 spiro atoms. The Bertz CT molecular complexity index is 643. The quantitative estimate of drug-likeness (QED) is 0.786. The van der Waals surface area contributed by atoms with E-state index in [1.54, 1.807) is 19.1 Å². The second-order valence-corrected chi connectivity index (χ2v) is 4.09. The predicted molar refractivity (Wildman–Crippen MR) is 71.6 cm³/mol. The van der Waals surface area contributed by atoms with Crippen LogP contribution in [0.2, 0.25) is 0 Å². The zero-order chi connectivity index (χ0) is 14.0. The first-order valence-corrected chi connectivity index (χ1v) is 5.57. The number of anilines is 3. The van der Waals surface area contributed by atoms with Crippen molar-refractivity contribution in [2.75, 3.05) is 11.1 Å². The average molecular weight is 260 g/mol. The molecular weight excluding hydrogens is 247 g/mol. The average Bonchev–Trinajstić information content (AvgIpc) is 2.36. The standard InChI is InChI=1S/C13H13FN4O/c1-7-2-3-8(6-9(7)14)17-13-10(15)4-5-11(18-13)12(16)19/h2-6H,15H2,1H3,(H2,16,19)(H,17,18). The number of primary amides is 1. The van der Waals surface area contributed by atoms with Crippen molar-refractivity contribution < 1.29 is 9.18 Å². The molecule has 1 aromatic heterocycles. The van der Waals surface area contributed by atoms with Gasteiger partial charge in [-0.2, -0.15) is 0 Å². The van der Waals surface area contributed by atoms with Gasteiger partial charge in [0, 0.05) is 5.69 Å². The Kier molecular flexibility index (Phi) is 3.33. The van der Waals surface area contributed by atoms with Gasteiger partial charge in [-0.1, -0.05) is 6.07 Å². The number of amides is 1. The first kappa shape index (κ1) is 12.8. The molecular formula is C13H13FN4O. The summed E-state index contributed by atoms with van der Waals surface area (Å²) in [7, 11) is 0. The molecule has 2 aromatic rings. The van der Waals surface area contributed by atoms with Gasteiger partial charge in [-0.3, -0.25) is 4.79 Å². The highest BCUT2D eigenvalue weighted by Crippen LogP contribution is 2.22. The number of benzene rings is 1. The van der Waals surface area contributed by atoms with Gasteiger partial charge in [0.15, 0.2) is 5.82 Å². The topological polar surface area (TPSA) is 94.0 Å². The molecule has 19 heavy (non-hydrogen) atoms. The van der Waals surface area contributed by atoms with Crippen molar-refractivity contribution in [2.45, 2.75) is 6.92 Å². The van der Waals surface area contributed by atoms with E-state index in [4.69, 9.17) is 11.5 Å². The summed E-state index contributed by atoms with van der Waals surface area (Å²) >= 11 is 0. The van der Waals surface area contributed by atoms with Gasteiger partial charge < -0.3 is 16.8 Å². The van der Waals surface area contributed by atoms with Gasteiger partial charge in [0.05, 0.1) is 5.69 Å². The fraction of sp³-hybridized carbons (Fsp3) is 0.0769. The van der Waals surface area contributed by atoms with Crippen LogP contribution in [0.4, 0.5) is 21.6 Å². The zero-order valence-corrected chi connectivity index (χ0v) is 10.3. The number of aryl methyl sites for hydroxylation is 1. The number of nitrogens with one attached hydrogen (secondary N) is 1. The summed E-state index contributed by atoms with van der Waals surface area (Å²) in [6.45, 7) is 1.67. The van der Waals surface area contributed by atoms with Crippen LogP contribution in [0.3, 0.4) is 0 Å². The fourth-order valence-corrected chi connectivity index (χ4v) is 1.51. The van der Waals surface area contributed by atoms with E-state index in [0.29, 0.717) is 16.9 Å². The van der Waals surface area contributed by atoms with Gasteiger partial charge in [0.25, 0.3) is 5.91 Å². The van der Waals surface area contributed by atoms with E-state index < -0.39 is 5.91 Å². The van der Waals surface area contributed by atoms with Crippen molar-refractivity contribution in [1.29, 1.82) is 0 Å². The Morgan fingerprint density at radius 1 is 1.32 bits per heavy atom. The Morgan fingerprint density at radius 3 is 2.68 bits per heavy atom. The van der Waals surface area contributed by atoms with E-state index in [2.05, 4.69) is 10.3 Å². The lowest BCUT2D eigenvalue weighted by Gasteiger charge is -2.10. The largest absolute Gasteiger partial charge is 0.396 e. The second kappa shape index (κ2) is 4.93. The first-order valence-electron chi connectivity index (χ1n) is 5.57. The number of rotatable bonds is 3. The maximum absolute atomic E-state index is 13.4. The van der Waals surface area contributed by atoms with Crippen LogP contribution in [0.25, 0.3) is 0 Å². The lowest BCUT2D eigenvalue weighted by atomic mass is 10.2. The summed E-state index contributed by atoms with van der Waals surface area (Å²) in [6.07, 6.45) is 0. The SMILES string of the molecule is Cc1ccc(Nc2nc(C(N)=O)ccc2N)cc1F. The Morgan fingerprint density at radius 2 is 2.05 bits per heavy atom. The Labute approximate surface area is 109 Å². The van der Waals surface area contributed by atoms with Crippen molar-refractivity contribution in [3.63, 3.8) is 0 Å². The molecule has 0 fully saturated rings. The molecule has 1 heterocycles. The third kappa shape index (κ3) is 2.79. The second-order valence-electron chi connectivity index (χ2n) is 4.09. The van der Waals surface area contributed by atoms with E-state index >= 15 is 0 Å². The van der Waals surface area contributed by atoms with Crippen molar-refractivity contribution >= 4 is 23.1 Å². The zero-order valence-electron chi connectivity index (χ0n) is 10.3. The number of nitrogen functional groups attached to an aromatic ring is 1. The first-order chi connectivity index (χ1) is 8.97. The Hall–Kier alpha value is -2.63. The van der Waals surface area contributed by atoms with Gasteiger partial charge in [0.1, 0.15) is 11.5 Å². The van der Waals surface area contributed by atoms with Gasteiger partial charge in [-0.05, 0) is 36.8 Å². The third-order valence-electron chi connectivity index (χ3n) is 2.61. The summed E-state index contributed by atoms with van der Waals surface area (Å²) in [5.74, 6) is -0.729. The fourth-order valence-electron chi connectivity index (χ4n) is 1.51. The van der Waals surface area contributed by atoms with E-state index in [9.17, 15) is 9.18 Å². The molecule has 0 bridgehead atoms. The highest BCUT2D eigenvalue weighted by molar-refractivity contribution is 5.92. The molecule has 0 saturated heterocycles. The van der Waals surface area contributed by atoms with E-state index in [1.165, 1.54) is 18.2 Å². The molecule has 0 saturated carbocycles. The van der Waals surface area contributed by atoms with Crippen LogP contribution in [0.15, 0.2) is 30.3 Å². The van der Waals surface area contributed by atoms with Crippen LogP contribution in [0.5, 0.6) is 0 Å². The Balaban J connectivity index is 2.34. The van der Waals surface area contributed by atoms with Crippen molar-refractivity contribution in [3.8, 4) is 0 Å². The van der Waals surface area contributed by atoms with E-state index in [-0.39, 0.29) is 17.3 Å². The van der Waals surface area contributed by atoms with Gasteiger partial charge >= 0.3 is 0 Å². The molecule has 0 atom stereocenters. The maximum Gasteiger partial charge on any atom is 0.267 e. The number of nitrogens with two attached hydrogens (primary N) is 2. The van der Waals surface area contributed by atoms with Gasteiger partial charge in [-0.25, -0.2) is 9.37 Å². The molecule has 98 valence electrons. The third-order valence-corrected chi connectivity index (χ3v) is 2.61. The summed E-state index contributed by atoms with van der Waals surface area (Å²) in [6, 6.07) is 7.59.